The van der Waals surface area contributed by atoms with Gasteiger partial charge in [0.05, 0.1) is 13.7 Å². The zero-order valence-corrected chi connectivity index (χ0v) is 15.0. The van der Waals surface area contributed by atoms with Crippen LogP contribution in [0.15, 0.2) is 48.5 Å². The molecule has 3 amide bonds. The lowest BCUT2D eigenvalue weighted by Crippen LogP contribution is -2.41. The summed E-state index contributed by atoms with van der Waals surface area (Å²) in [5.74, 6) is -0.199. The highest BCUT2D eigenvalue weighted by Crippen LogP contribution is 2.29. The molecule has 134 valence electrons. The number of carbonyl (C=O) groups excluding carboxylic acids is 3. The van der Waals surface area contributed by atoms with Gasteiger partial charge in [-0.15, -0.1) is 0 Å². The number of urea groups is 1. The number of carbonyl (C=O) groups is 3. The Labute approximate surface area is 155 Å². The Kier molecular flexibility index (Phi) is 4.70. The number of ether oxygens (including phenoxy) is 1. The third kappa shape index (κ3) is 3.15. The Morgan fingerprint density at radius 2 is 1.73 bits per heavy atom. The highest BCUT2D eigenvalue weighted by molar-refractivity contribution is 6.30. The fourth-order valence-corrected chi connectivity index (χ4v) is 2.96. The number of amides is 3. The van der Waals surface area contributed by atoms with Gasteiger partial charge in [0.15, 0.2) is 5.78 Å². The molecule has 2 aromatic carbocycles. The average Bonchev–Trinajstić information content (AvgIpc) is 2.86. The van der Waals surface area contributed by atoms with Crippen LogP contribution in [-0.2, 0) is 10.3 Å². The SMILES string of the molecule is COc1ccc(C(=O)CN2C(=O)N[C@](C)(c3ccc(Cl)cc3)C2=O)cc1. The van der Waals surface area contributed by atoms with Gasteiger partial charge in [-0.3, -0.25) is 14.5 Å². The molecular weight excluding hydrogens is 356 g/mol. The predicted molar refractivity (Wildman–Crippen MR) is 96.4 cm³/mol. The lowest BCUT2D eigenvalue weighted by atomic mass is 9.92. The molecule has 2 aromatic rings. The van der Waals surface area contributed by atoms with Crippen LogP contribution in [0, 0.1) is 0 Å². The van der Waals surface area contributed by atoms with Crippen molar-refractivity contribution in [1.82, 2.24) is 10.2 Å². The molecule has 0 spiro atoms. The molecule has 3 rings (SSSR count). The van der Waals surface area contributed by atoms with Crippen molar-refractivity contribution in [1.29, 1.82) is 0 Å². The van der Waals surface area contributed by atoms with Crippen LogP contribution in [0.4, 0.5) is 4.79 Å². The lowest BCUT2D eigenvalue weighted by molar-refractivity contribution is -0.130. The van der Waals surface area contributed by atoms with Gasteiger partial charge in [0.1, 0.15) is 11.3 Å². The van der Waals surface area contributed by atoms with Crippen molar-refractivity contribution >= 4 is 29.3 Å². The molecule has 1 aliphatic rings. The zero-order valence-electron chi connectivity index (χ0n) is 14.3. The van der Waals surface area contributed by atoms with Gasteiger partial charge in [-0.25, -0.2) is 4.79 Å². The molecular formula is C19H17ClN2O4. The maximum absolute atomic E-state index is 12.8. The number of hydrogen-bond donors (Lipinski definition) is 1. The topological polar surface area (TPSA) is 75.7 Å². The fraction of sp³-hybridized carbons (Fsp3) is 0.211. The van der Waals surface area contributed by atoms with Crippen molar-refractivity contribution in [2.45, 2.75) is 12.5 Å². The van der Waals surface area contributed by atoms with Crippen molar-refractivity contribution in [2.24, 2.45) is 0 Å². The number of rotatable bonds is 5. The Morgan fingerprint density at radius 3 is 2.31 bits per heavy atom. The van der Waals surface area contributed by atoms with E-state index in [1.165, 1.54) is 7.11 Å². The van der Waals surface area contributed by atoms with Crippen LogP contribution in [0.5, 0.6) is 5.75 Å². The summed E-state index contributed by atoms with van der Waals surface area (Å²) in [4.78, 5) is 38.5. The summed E-state index contributed by atoms with van der Waals surface area (Å²) < 4.78 is 5.05. The van der Waals surface area contributed by atoms with E-state index in [9.17, 15) is 14.4 Å². The van der Waals surface area contributed by atoms with Gasteiger partial charge in [-0.05, 0) is 48.9 Å². The standard InChI is InChI=1S/C19H17ClN2O4/c1-19(13-5-7-14(20)8-6-13)17(24)22(18(25)21-19)11-16(23)12-3-9-15(26-2)10-4-12/h3-10H,11H2,1-2H3,(H,21,25)/t19-/m1/s1. The molecule has 1 N–H and O–H groups in total. The van der Waals surface area contributed by atoms with Gasteiger partial charge in [-0.1, -0.05) is 23.7 Å². The van der Waals surface area contributed by atoms with Crippen LogP contribution < -0.4 is 10.1 Å². The number of hydrogen-bond acceptors (Lipinski definition) is 4. The summed E-state index contributed by atoms with van der Waals surface area (Å²) in [6, 6.07) is 12.5. The highest BCUT2D eigenvalue weighted by Gasteiger charge is 2.49. The van der Waals surface area contributed by atoms with E-state index >= 15 is 0 Å². The van der Waals surface area contributed by atoms with Crippen LogP contribution in [0.1, 0.15) is 22.8 Å². The summed E-state index contributed by atoms with van der Waals surface area (Å²) in [5, 5.41) is 3.19. The molecule has 0 unspecified atom stereocenters. The van der Waals surface area contributed by atoms with Crippen molar-refractivity contribution in [2.75, 3.05) is 13.7 Å². The van der Waals surface area contributed by atoms with Crippen molar-refractivity contribution in [3.8, 4) is 5.75 Å². The summed E-state index contributed by atoms with van der Waals surface area (Å²) >= 11 is 5.88. The van der Waals surface area contributed by atoms with Crippen molar-refractivity contribution < 1.29 is 19.1 Å². The second-order valence-electron chi connectivity index (χ2n) is 6.11. The Hall–Kier alpha value is -2.86. The van der Waals surface area contributed by atoms with Crippen molar-refractivity contribution in [3.63, 3.8) is 0 Å². The van der Waals surface area contributed by atoms with E-state index in [1.54, 1.807) is 55.5 Å². The quantitative estimate of drug-likeness (QED) is 0.646. The number of nitrogens with zero attached hydrogens (tertiary/aromatic N) is 1. The van der Waals surface area contributed by atoms with Crippen LogP contribution in [0.25, 0.3) is 0 Å². The van der Waals surface area contributed by atoms with E-state index in [1.807, 2.05) is 0 Å². The molecule has 7 heteroatoms. The van der Waals surface area contributed by atoms with Gasteiger partial charge < -0.3 is 10.1 Å². The largest absolute Gasteiger partial charge is 0.497 e. The molecule has 1 heterocycles. The van der Waals surface area contributed by atoms with Gasteiger partial charge in [0.2, 0.25) is 0 Å². The van der Waals surface area contributed by atoms with E-state index in [-0.39, 0.29) is 12.3 Å². The number of Topliss-reactive ketones (excluding diaryl/α,β-unsaturated/α-hetero) is 1. The molecule has 1 atom stereocenters. The average molecular weight is 373 g/mol. The van der Waals surface area contributed by atoms with Crippen LogP contribution in [0.3, 0.4) is 0 Å². The van der Waals surface area contributed by atoms with E-state index in [2.05, 4.69) is 5.32 Å². The van der Waals surface area contributed by atoms with Crippen LogP contribution in [-0.4, -0.2) is 36.3 Å². The maximum Gasteiger partial charge on any atom is 0.325 e. The summed E-state index contributed by atoms with van der Waals surface area (Å²) in [5.41, 5.74) is -0.242. The molecule has 26 heavy (non-hydrogen) atoms. The molecule has 0 aliphatic carbocycles. The molecule has 1 fully saturated rings. The second kappa shape index (κ2) is 6.80. The van der Waals surface area contributed by atoms with Gasteiger partial charge in [0.25, 0.3) is 5.91 Å². The number of benzene rings is 2. The first-order chi connectivity index (χ1) is 12.3. The van der Waals surface area contributed by atoms with Gasteiger partial charge >= 0.3 is 6.03 Å². The highest BCUT2D eigenvalue weighted by atomic mass is 35.5. The number of ketones is 1. The Morgan fingerprint density at radius 1 is 1.12 bits per heavy atom. The van der Waals surface area contributed by atoms with Gasteiger partial charge in [0, 0.05) is 10.6 Å². The summed E-state index contributed by atoms with van der Waals surface area (Å²) in [6.45, 7) is 1.27. The van der Waals surface area contributed by atoms with E-state index in [0.29, 0.717) is 21.9 Å². The minimum atomic E-state index is -1.23. The molecule has 0 saturated carbocycles. The molecule has 1 saturated heterocycles. The second-order valence-corrected chi connectivity index (χ2v) is 6.54. The van der Waals surface area contributed by atoms with E-state index in [0.717, 1.165) is 4.90 Å². The Bertz CT molecular complexity index is 864. The van der Waals surface area contributed by atoms with Crippen LogP contribution in [0.2, 0.25) is 5.02 Å². The molecule has 0 aromatic heterocycles. The molecule has 1 aliphatic heterocycles. The minimum absolute atomic E-state index is 0.333. The fourth-order valence-electron chi connectivity index (χ4n) is 2.83. The smallest absolute Gasteiger partial charge is 0.325 e. The monoisotopic (exact) mass is 372 g/mol. The summed E-state index contributed by atoms with van der Waals surface area (Å²) in [7, 11) is 1.53. The molecule has 0 bridgehead atoms. The first-order valence-electron chi connectivity index (χ1n) is 7.92. The third-order valence-corrected chi connectivity index (χ3v) is 4.66. The first kappa shape index (κ1) is 17.9. The number of halogens is 1. The zero-order chi connectivity index (χ0) is 18.9. The number of methoxy groups -OCH3 is 1. The lowest BCUT2D eigenvalue weighted by Gasteiger charge is -2.22. The maximum atomic E-state index is 12.8. The van der Waals surface area contributed by atoms with Crippen molar-refractivity contribution in [3.05, 3.63) is 64.7 Å². The number of imide groups is 1. The predicted octanol–water partition coefficient (Wildman–Crippen LogP) is 3.00. The molecule has 6 nitrogen and oxygen atoms in total. The van der Waals surface area contributed by atoms with Gasteiger partial charge in [-0.2, -0.15) is 0 Å². The normalized spacial score (nSPS) is 19.4. The van der Waals surface area contributed by atoms with E-state index in [4.69, 9.17) is 16.3 Å². The third-order valence-electron chi connectivity index (χ3n) is 4.41. The van der Waals surface area contributed by atoms with Crippen LogP contribution >= 0.6 is 11.6 Å². The summed E-state index contributed by atoms with van der Waals surface area (Å²) in [6.07, 6.45) is 0. The Balaban J connectivity index is 1.80. The van der Waals surface area contributed by atoms with E-state index < -0.39 is 17.5 Å². The molecule has 0 radical (unpaired) electrons. The minimum Gasteiger partial charge on any atom is -0.497 e. The first-order valence-corrected chi connectivity index (χ1v) is 8.30. The number of nitrogens with one attached hydrogen (secondary N) is 1.